The average molecular weight is 847 g/mol. The quantitative estimate of drug-likeness (QED) is 0.101. The molecule has 9 rings (SSSR count). The van der Waals surface area contributed by atoms with Crippen LogP contribution in [0.3, 0.4) is 0 Å². The van der Waals surface area contributed by atoms with Crippen LogP contribution in [-0.2, 0) is 26.2 Å². The number of aromatic hydroxyl groups is 1. The lowest BCUT2D eigenvalue weighted by Gasteiger charge is -2.47. The van der Waals surface area contributed by atoms with E-state index in [2.05, 4.69) is 0 Å². The predicted octanol–water partition coefficient (Wildman–Crippen LogP) is 5.65. The standard InChI is InChI=1S/C44H40BClN4O9S/c1-21-28-18-24(46)10-14-35(28)60-39(21)32-20-36(48(3)47-32)50-41(53)31-19-29-26(11-12-27-37(29)42(54)49(40(27)52)25-8-6-7-23(17-25)45(56)57)30(44(31,2)43(50)55)13-9-22-15-33(58-4)38(51)34(16-22)59-5/h6-11,13-18,20,27,29-31,37,51,56-57H,12,19H2,1-5H3/t27-,29+,30-,31-,37-,44-/m0/s1. The summed E-state index contributed by atoms with van der Waals surface area (Å²) in [4.78, 5) is 62.0. The summed E-state index contributed by atoms with van der Waals surface area (Å²) in [6, 6.07) is 16.7. The van der Waals surface area contributed by atoms with Crippen molar-refractivity contribution in [3.8, 4) is 27.8 Å². The van der Waals surface area contributed by atoms with Crippen molar-refractivity contribution in [1.29, 1.82) is 0 Å². The zero-order chi connectivity index (χ0) is 42.5. The molecule has 1 saturated carbocycles. The van der Waals surface area contributed by atoms with Gasteiger partial charge in [-0.05, 0) is 97.0 Å². The average Bonchev–Trinajstić information content (AvgIpc) is 3.90. The van der Waals surface area contributed by atoms with E-state index in [9.17, 15) is 29.5 Å². The van der Waals surface area contributed by atoms with Crippen LogP contribution in [0.4, 0.5) is 11.5 Å². The van der Waals surface area contributed by atoms with E-state index in [0.29, 0.717) is 22.1 Å². The number of imide groups is 2. The molecule has 6 atom stereocenters. The van der Waals surface area contributed by atoms with Gasteiger partial charge in [-0.15, -0.1) is 11.3 Å². The lowest BCUT2D eigenvalue weighted by molar-refractivity contribution is -0.132. The third-order valence-corrected chi connectivity index (χ3v) is 14.5. The van der Waals surface area contributed by atoms with Crippen molar-refractivity contribution in [3.63, 3.8) is 0 Å². The minimum absolute atomic E-state index is 0.128. The number of carbonyl (C=O) groups is 4. The number of anilines is 2. The van der Waals surface area contributed by atoms with Gasteiger partial charge in [0.05, 0.1) is 48.0 Å². The van der Waals surface area contributed by atoms with Crippen LogP contribution in [0.5, 0.6) is 17.2 Å². The van der Waals surface area contributed by atoms with Gasteiger partial charge < -0.3 is 24.6 Å². The minimum atomic E-state index is -1.80. The third-order valence-electron chi connectivity index (χ3n) is 13.0. The van der Waals surface area contributed by atoms with Crippen molar-refractivity contribution < 1.29 is 43.8 Å². The number of hydrogen-bond donors (Lipinski definition) is 3. The highest BCUT2D eigenvalue weighted by molar-refractivity contribution is 7.22. The second-order valence-electron chi connectivity index (χ2n) is 16.0. The number of allylic oxidation sites excluding steroid dienone is 3. The molecular weight excluding hydrogens is 807 g/mol. The maximum absolute atomic E-state index is 15.2. The van der Waals surface area contributed by atoms with Gasteiger partial charge in [0.1, 0.15) is 11.5 Å². The molecule has 13 nitrogen and oxygen atoms in total. The number of nitrogens with zero attached hydrogens (tertiary/aromatic N) is 4. The Kier molecular flexibility index (Phi) is 9.58. The van der Waals surface area contributed by atoms with E-state index < -0.39 is 65.8 Å². The summed E-state index contributed by atoms with van der Waals surface area (Å²) >= 11 is 7.87. The number of aryl methyl sites for hydroxylation is 2. The second-order valence-corrected chi connectivity index (χ2v) is 17.5. The summed E-state index contributed by atoms with van der Waals surface area (Å²) in [6.45, 7) is 3.78. The van der Waals surface area contributed by atoms with E-state index in [1.807, 2.05) is 37.3 Å². The van der Waals surface area contributed by atoms with Gasteiger partial charge in [-0.1, -0.05) is 47.5 Å². The van der Waals surface area contributed by atoms with E-state index in [-0.39, 0.29) is 41.2 Å². The molecule has 4 aliphatic rings. The molecule has 3 aromatic carbocycles. The first-order valence-corrected chi connectivity index (χ1v) is 20.7. The SMILES string of the molecule is COc1cc(C=C[C@H]2C3=CC[C@@H]4C(=O)N(c5cccc(B(O)O)c5)C(=O)[C@@H]4[C@@H]3C[C@H]3C(=O)N(c4cc(-c5sc6ccc(Cl)cc6c5C)nn4C)C(=O)[C@@]23C)cc(OC)c1O. The maximum Gasteiger partial charge on any atom is 0.488 e. The lowest BCUT2D eigenvalue weighted by Crippen LogP contribution is -2.49. The van der Waals surface area contributed by atoms with Crippen molar-refractivity contribution in [2.24, 2.45) is 42.1 Å². The van der Waals surface area contributed by atoms with Gasteiger partial charge in [0.2, 0.25) is 29.4 Å². The molecule has 0 radical (unpaired) electrons. The van der Waals surface area contributed by atoms with Gasteiger partial charge in [0.15, 0.2) is 11.5 Å². The fourth-order valence-corrected chi connectivity index (χ4v) is 11.3. The van der Waals surface area contributed by atoms with Crippen molar-refractivity contribution in [3.05, 3.63) is 94.5 Å². The van der Waals surface area contributed by atoms with Crippen molar-refractivity contribution in [2.75, 3.05) is 24.0 Å². The molecule has 2 aromatic heterocycles. The molecule has 3 N–H and O–H groups in total. The number of amides is 4. The van der Waals surface area contributed by atoms with Crippen LogP contribution in [0, 0.1) is 41.9 Å². The summed E-state index contributed by atoms with van der Waals surface area (Å²) in [5, 5.41) is 36.7. The molecular formula is C44H40BClN4O9S. The highest BCUT2D eigenvalue weighted by atomic mass is 35.5. The molecule has 4 amide bonds. The summed E-state index contributed by atoms with van der Waals surface area (Å²) in [5.41, 5.74) is 1.97. The highest BCUT2D eigenvalue weighted by Gasteiger charge is 2.67. The van der Waals surface area contributed by atoms with E-state index >= 15 is 4.79 Å². The predicted molar refractivity (Wildman–Crippen MR) is 228 cm³/mol. The van der Waals surface area contributed by atoms with Crippen molar-refractivity contribution in [2.45, 2.75) is 26.7 Å². The lowest BCUT2D eigenvalue weighted by atomic mass is 9.52. The number of rotatable bonds is 8. The fourth-order valence-electron chi connectivity index (χ4n) is 9.95. The molecule has 2 saturated heterocycles. The zero-order valence-electron chi connectivity index (χ0n) is 33.3. The van der Waals surface area contributed by atoms with E-state index in [0.717, 1.165) is 31.0 Å². The zero-order valence-corrected chi connectivity index (χ0v) is 34.8. The number of phenolic OH excluding ortho intramolecular Hbond substituents is 1. The molecule has 3 fully saturated rings. The molecule has 0 unspecified atom stereocenters. The first-order chi connectivity index (χ1) is 28.7. The van der Waals surface area contributed by atoms with Crippen LogP contribution in [0.15, 0.2) is 78.4 Å². The molecule has 0 spiro atoms. The number of aromatic nitrogens is 2. The van der Waals surface area contributed by atoms with Crippen LogP contribution in [-0.4, -0.2) is 69.9 Å². The van der Waals surface area contributed by atoms with E-state index in [1.165, 1.54) is 31.3 Å². The first-order valence-electron chi connectivity index (χ1n) is 19.5. The number of phenols is 1. The number of methoxy groups -OCH3 is 2. The Hall–Kier alpha value is -5.74. The van der Waals surface area contributed by atoms with Crippen molar-refractivity contribution in [1.82, 2.24) is 9.78 Å². The van der Waals surface area contributed by atoms with Crippen LogP contribution < -0.4 is 24.7 Å². The molecule has 4 heterocycles. The number of fused-ring (bicyclic) bond motifs is 5. The molecule has 2 aliphatic heterocycles. The summed E-state index contributed by atoms with van der Waals surface area (Å²) in [6.07, 6.45) is 5.95. The van der Waals surface area contributed by atoms with Gasteiger partial charge in [0, 0.05) is 28.8 Å². The Morgan fingerprint density at radius 2 is 1.68 bits per heavy atom. The Bertz CT molecular complexity index is 2720. The first kappa shape index (κ1) is 39.7. The van der Waals surface area contributed by atoms with Crippen molar-refractivity contribution >= 4 is 86.8 Å². The number of benzene rings is 3. The van der Waals surface area contributed by atoms with Crippen LogP contribution in [0.2, 0.25) is 5.02 Å². The Balaban J connectivity index is 1.14. The Labute approximate surface area is 354 Å². The second kappa shape index (κ2) is 14.5. The summed E-state index contributed by atoms with van der Waals surface area (Å²) < 4.78 is 13.4. The smallest absolute Gasteiger partial charge is 0.488 e. The molecule has 2 aliphatic carbocycles. The monoisotopic (exact) mass is 846 g/mol. The number of halogens is 1. The molecule has 0 bridgehead atoms. The fraction of sp³-hybridized carbons (Fsp3) is 0.295. The van der Waals surface area contributed by atoms with Crippen LogP contribution in [0.25, 0.3) is 26.7 Å². The highest BCUT2D eigenvalue weighted by Crippen LogP contribution is 2.61. The van der Waals surface area contributed by atoms with Gasteiger partial charge in [0.25, 0.3) is 0 Å². The Morgan fingerprint density at radius 1 is 0.950 bits per heavy atom. The van der Waals surface area contributed by atoms with Gasteiger partial charge in [-0.25, -0.2) is 4.90 Å². The maximum atomic E-state index is 15.2. The topological polar surface area (TPSA) is 172 Å². The normalized spacial score (nSPS) is 24.9. The third kappa shape index (κ3) is 5.85. The molecule has 16 heteroatoms. The summed E-state index contributed by atoms with van der Waals surface area (Å²) in [5.74, 6) is -4.96. The minimum Gasteiger partial charge on any atom is -0.502 e. The largest absolute Gasteiger partial charge is 0.502 e. The van der Waals surface area contributed by atoms with E-state index in [1.54, 1.807) is 66.4 Å². The van der Waals surface area contributed by atoms with Crippen LogP contribution in [0.1, 0.15) is 30.9 Å². The van der Waals surface area contributed by atoms with Gasteiger partial charge >= 0.3 is 7.12 Å². The Morgan fingerprint density at radius 3 is 2.38 bits per heavy atom. The van der Waals surface area contributed by atoms with E-state index in [4.69, 9.17) is 26.2 Å². The number of thiophene rings is 1. The summed E-state index contributed by atoms with van der Waals surface area (Å²) in [7, 11) is 2.74. The molecule has 306 valence electrons. The molecule has 60 heavy (non-hydrogen) atoms. The van der Waals surface area contributed by atoms with Gasteiger partial charge in [-0.2, -0.15) is 5.10 Å². The number of ether oxygens (including phenoxy) is 2. The molecule has 5 aromatic rings. The number of carbonyl (C=O) groups excluding carboxylic acids is 4. The van der Waals surface area contributed by atoms with Crippen LogP contribution >= 0.6 is 22.9 Å². The van der Waals surface area contributed by atoms with Gasteiger partial charge in [-0.3, -0.25) is 28.8 Å². The number of hydrogen-bond acceptors (Lipinski definition) is 11.